The molecule has 0 saturated carbocycles. The fraction of sp³-hybridized carbons (Fsp3) is 0.417. The van der Waals surface area contributed by atoms with Crippen molar-refractivity contribution < 1.29 is 17.9 Å². The van der Waals surface area contributed by atoms with Crippen molar-refractivity contribution >= 4 is 37.2 Å². The van der Waals surface area contributed by atoms with Crippen LogP contribution < -0.4 is 5.32 Å². The van der Waals surface area contributed by atoms with E-state index < -0.39 is 20.6 Å². The topological polar surface area (TPSA) is 72.5 Å². The van der Waals surface area contributed by atoms with E-state index in [1.165, 1.54) is 25.3 Å². The molecule has 1 N–H and O–H groups in total. The molecule has 0 aliphatic heterocycles. The molecule has 5 nitrogen and oxygen atoms in total. The monoisotopic (exact) mass is 339 g/mol. The van der Waals surface area contributed by atoms with Crippen LogP contribution in [0, 0.1) is 0 Å². The maximum Gasteiger partial charge on any atom is 0.261 e. The van der Waals surface area contributed by atoms with Gasteiger partial charge in [-0.05, 0) is 32.0 Å². The number of rotatable bonds is 5. The number of benzene rings is 1. The average Bonchev–Trinajstić information content (AvgIpc) is 2.34. The molecule has 0 atom stereocenters. The lowest BCUT2D eigenvalue weighted by Crippen LogP contribution is -2.39. The van der Waals surface area contributed by atoms with E-state index in [1.807, 2.05) is 0 Å². The summed E-state index contributed by atoms with van der Waals surface area (Å²) in [6.45, 7) is 3.87. The number of ether oxygens (including phenoxy) is 1. The summed E-state index contributed by atoms with van der Waals surface area (Å²) in [6, 6.07) is 3.71. The quantitative estimate of drug-likeness (QED) is 0.836. The second-order valence-electron chi connectivity index (χ2n) is 4.76. The maximum atomic E-state index is 12.0. The standard InChI is InChI=1S/C12H15Cl2NO4S/c1-12(2,19-3)7-15-11(16)8-4-9(13)6-10(5-8)20(14,17)18/h4-6H,7H2,1-3H3,(H,15,16). The van der Waals surface area contributed by atoms with Gasteiger partial charge >= 0.3 is 0 Å². The SMILES string of the molecule is COC(C)(C)CNC(=O)c1cc(Cl)cc(S(=O)(=O)Cl)c1. The Balaban J connectivity index is 2.97. The minimum Gasteiger partial charge on any atom is -0.377 e. The average molecular weight is 340 g/mol. The van der Waals surface area contributed by atoms with Crippen molar-refractivity contribution in [3.8, 4) is 0 Å². The summed E-state index contributed by atoms with van der Waals surface area (Å²) in [5.74, 6) is -0.459. The highest BCUT2D eigenvalue weighted by atomic mass is 35.7. The summed E-state index contributed by atoms with van der Waals surface area (Å²) in [4.78, 5) is 11.8. The van der Waals surface area contributed by atoms with Gasteiger partial charge in [-0.25, -0.2) is 8.42 Å². The molecule has 0 unspecified atom stereocenters. The molecule has 0 saturated heterocycles. The Morgan fingerprint density at radius 3 is 2.45 bits per heavy atom. The molecule has 1 aromatic carbocycles. The first-order valence-corrected chi connectivity index (χ1v) is 8.32. The van der Waals surface area contributed by atoms with E-state index in [-0.39, 0.29) is 22.0 Å². The van der Waals surface area contributed by atoms with Crippen molar-refractivity contribution in [2.45, 2.75) is 24.3 Å². The second-order valence-corrected chi connectivity index (χ2v) is 7.76. The number of hydrogen-bond donors (Lipinski definition) is 1. The zero-order valence-electron chi connectivity index (χ0n) is 11.2. The Morgan fingerprint density at radius 1 is 1.35 bits per heavy atom. The van der Waals surface area contributed by atoms with Crippen LogP contribution in [-0.2, 0) is 13.8 Å². The van der Waals surface area contributed by atoms with Crippen LogP contribution in [0.1, 0.15) is 24.2 Å². The smallest absolute Gasteiger partial charge is 0.261 e. The number of methoxy groups -OCH3 is 1. The molecule has 8 heteroatoms. The summed E-state index contributed by atoms with van der Waals surface area (Å²) in [5, 5.41) is 2.75. The first-order valence-electron chi connectivity index (χ1n) is 5.64. The zero-order chi connectivity index (χ0) is 15.6. The predicted molar refractivity (Wildman–Crippen MR) is 77.9 cm³/mol. The summed E-state index contributed by atoms with van der Waals surface area (Å²) >= 11 is 5.79. The van der Waals surface area contributed by atoms with Crippen LogP contribution in [0.5, 0.6) is 0 Å². The number of carbonyl (C=O) groups excluding carboxylic acids is 1. The van der Waals surface area contributed by atoms with Crippen LogP contribution in [0.4, 0.5) is 0 Å². The van der Waals surface area contributed by atoms with E-state index in [4.69, 9.17) is 27.0 Å². The zero-order valence-corrected chi connectivity index (χ0v) is 13.6. The predicted octanol–water partition coefficient (Wildman–Crippen LogP) is 2.42. The van der Waals surface area contributed by atoms with Gasteiger partial charge in [-0.1, -0.05) is 11.6 Å². The third kappa shape index (κ3) is 4.94. The molecular weight excluding hydrogens is 325 g/mol. The Bertz CT molecular complexity index is 614. The van der Waals surface area contributed by atoms with E-state index in [9.17, 15) is 13.2 Å². The summed E-state index contributed by atoms with van der Waals surface area (Å²) in [5.41, 5.74) is -0.418. The number of amides is 1. The van der Waals surface area contributed by atoms with Gasteiger partial charge in [0.2, 0.25) is 0 Å². The molecular formula is C12H15Cl2NO4S. The van der Waals surface area contributed by atoms with E-state index in [2.05, 4.69) is 5.32 Å². The highest BCUT2D eigenvalue weighted by Gasteiger charge is 2.19. The summed E-state index contributed by atoms with van der Waals surface area (Å²) in [6.07, 6.45) is 0. The number of nitrogens with one attached hydrogen (secondary N) is 1. The molecule has 0 aromatic heterocycles. The lowest BCUT2D eigenvalue weighted by atomic mass is 10.1. The van der Waals surface area contributed by atoms with Gasteiger partial charge in [-0.15, -0.1) is 0 Å². The van der Waals surface area contributed by atoms with Crippen LogP contribution in [0.3, 0.4) is 0 Å². The third-order valence-electron chi connectivity index (χ3n) is 2.64. The Morgan fingerprint density at radius 2 is 1.95 bits per heavy atom. The van der Waals surface area contributed by atoms with Crippen molar-refractivity contribution in [3.05, 3.63) is 28.8 Å². The lowest BCUT2D eigenvalue weighted by Gasteiger charge is -2.23. The van der Waals surface area contributed by atoms with Crippen molar-refractivity contribution in [2.75, 3.05) is 13.7 Å². The first-order chi connectivity index (χ1) is 9.05. The minimum absolute atomic E-state index is 0.114. The van der Waals surface area contributed by atoms with Gasteiger partial charge in [0.15, 0.2) is 0 Å². The number of carbonyl (C=O) groups is 1. The molecule has 0 bridgehead atoms. The highest BCUT2D eigenvalue weighted by Crippen LogP contribution is 2.22. The van der Waals surface area contributed by atoms with Crippen LogP contribution in [0.25, 0.3) is 0 Å². The van der Waals surface area contributed by atoms with Crippen LogP contribution in [0.2, 0.25) is 5.02 Å². The molecule has 0 radical (unpaired) electrons. The Kier molecular flexibility index (Phi) is 5.43. The van der Waals surface area contributed by atoms with Crippen molar-refractivity contribution in [3.63, 3.8) is 0 Å². The lowest BCUT2D eigenvalue weighted by molar-refractivity contribution is 0.0228. The summed E-state index contributed by atoms with van der Waals surface area (Å²) in [7, 11) is 2.83. The molecule has 112 valence electrons. The minimum atomic E-state index is -3.95. The maximum absolute atomic E-state index is 12.0. The first kappa shape index (κ1) is 17.2. The fourth-order valence-corrected chi connectivity index (χ4v) is 2.40. The van der Waals surface area contributed by atoms with Crippen LogP contribution >= 0.6 is 22.3 Å². The molecule has 20 heavy (non-hydrogen) atoms. The van der Waals surface area contributed by atoms with E-state index in [1.54, 1.807) is 13.8 Å². The molecule has 0 spiro atoms. The van der Waals surface area contributed by atoms with Crippen molar-refractivity contribution in [1.29, 1.82) is 0 Å². The third-order valence-corrected chi connectivity index (χ3v) is 4.19. The second kappa shape index (κ2) is 6.30. The van der Waals surface area contributed by atoms with Crippen molar-refractivity contribution in [2.24, 2.45) is 0 Å². The van der Waals surface area contributed by atoms with Gasteiger partial charge in [0.1, 0.15) is 0 Å². The van der Waals surface area contributed by atoms with Crippen LogP contribution in [0.15, 0.2) is 23.1 Å². The van der Waals surface area contributed by atoms with Gasteiger partial charge in [-0.2, -0.15) is 0 Å². The van der Waals surface area contributed by atoms with E-state index in [0.717, 1.165) is 0 Å². The number of halogens is 2. The molecule has 1 amide bonds. The Hall–Kier alpha value is -0.820. The van der Waals surface area contributed by atoms with Gasteiger partial charge in [0.05, 0.1) is 10.5 Å². The fourth-order valence-electron chi connectivity index (χ4n) is 1.30. The van der Waals surface area contributed by atoms with Gasteiger partial charge in [-0.3, -0.25) is 4.79 Å². The highest BCUT2D eigenvalue weighted by molar-refractivity contribution is 8.13. The molecule has 1 rings (SSSR count). The molecule has 0 aliphatic carbocycles. The van der Waals surface area contributed by atoms with Gasteiger partial charge in [0.25, 0.3) is 15.0 Å². The van der Waals surface area contributed by atoms with Crippen LogP contribution in [-0.4, -0.2) is 33.6 Å². The number of hydrogen-bond acceptors (Lipinski definition) is 4. The van der Waals surface area contributed by atoms with Gasteiger partial charge in [0, 0.05) is 34.9 Å². The largest absolute Gasteiger partial charge is 0.377 e. The van der Waals surface area contributed by atoms with Crippen molar-refractivity contribution in [1.82, 2.24) is 5.32 Å². The molecule has 0 aliphatic rings. The van der Waals surface area contributed by atoms with E-state index in [0.29, 0.717) is 0 Å². The molecule has 0 fully saturated rings. The summed E-state index contributed by atoms with van der Waals surface area (Å²) < 4.78 is 27.7. The Labute approximate surface area is 127 Å². The normalized spacial score (nSPS) is 12.2. The van der Waals surface area contributed by atoms with E-state index >= 15 is 0 Å². The molecule has 1 aromatic rings. The van der Waals surface area contributed by atoms with Gasteiger partial charge < -0.3 is 10.1 Å². The molecule has 0 heterocycles.